The van der Waals surface area contributed by atoms with Crippen molar-refractivity contribution in [1.29, 1.82) is 0 Å². The summed E-state index contributed by atoms with van der Waals surface area (Å²) in [6, 6.07) is 0. The minimum Gasteiger partial charge on any atom is -0.481 e. The van der Waals surface area contributed by atoms with Gasteiger partial charge in [-0.15, -0.1) is 47.0 Å². The zero-order chi connectivity index (χ0) is 87.2. The Morgan fingerprint density at radius 1 is 0.256 bits per heavy atom. The van der Waals surface area contributed by atoms with Crippen LogP contribution in [0.15, 0.2) is 219 Å². The highest BCUT2D eigenvalue weighted by Crippen LogP contribution is 2.34. The SMILES string of the molecule is CC/C=C\C/C=C\C/C=C\C/C=C\C/C=C\CCCCSC(CC)(CC)C(=O)O.CC/C=C\C/C=C\C/C=C\C/C=C\C/C=C\CCCCSC(CC)C(=O)O.CC/C=C\C/C=C\C/C=C\C/C=C\CCSC(CC)C(=O)O.CC/C=C\C/C=C\C/C=C\C/C=C\CCSCC(=O)O.CCCCCCCCCCCCCCSCC(=O)O. The zero-order valence-corrected chi connectivity index (χ0v) is 79.0. The van der Waals surface area contributed by atoms with E-state index in [1.54, 1.807) is 35.3 Å². The summed E-state index contributed by atoms with van der Waals surface area (Å²) in [5.74, 6) is 1.62. The van der Waals surface area contributed by atoms with Gasteiger partial charge < -0.3 is 25.5 Å². The van der Waals surface area contributed by atoms with Crippen LogP contribution in [-0.4, -0.2) is 111 Å². The second kappa shape index (κ2) is 106. The van der Waals surface area contributed by atoms with Crippen LogP contribution < -0.4 is 0 Å². The molecule has 117 heavy (non-hydrogen) atoms. The number of aliphatic carboxylic acids is 5. The molecule has 666 valence electrons. The third-order valence-electron chi connectivity index (χ3n) is 17.4. The van der Waals surface area contributed by atoms with E-state index in [1.807, 2.05) is 27.7 Å². The molecule has 0 aromatic rings. The molecular formula is C102H168O10S5. The van der Waals surface area contributed by atoms with Crippen molar-refractivity contribution in [3.05, 3.63) is 219 Å². The highest BCUT2D eigenvalue weighted by Gasteiger charge is 2.35. The molecule has 0 radical (unpaired) electrons. The molecule has 0 bridgehead atoms. The molecule has 0 aromatic carbocycles. The lowest BCUT2D eigenvalue weighted by Crippen LogP contribution is -2.33. The minimum absolute atomic E-state index is 0.202. The van der Waals surface area contributed by atoms with E-state index in [0.29, 0.717) is 25.7 Å². The van der Waals surface area contributed by atoms with E-state index in [2.05, 4.69) is 253 Å². The first-order valence-corrected chi connectivity index (χ1v) is 50.3. The van der Waals surface area contributed by atoms with Crippen molar-refractivity contribution >= 4 is 88.7 Å². The Labute approximate surface area is 739 Å². The Morgan fingerprint density at radius 2 is 0.496 bits per heavy atom. The summed E-state index contributed by atoms with van der Waals surface area (Å²) >= 11 is 7.72. The fraction of sp³-hybridized carbons (Fsp3) is 0.598. The number of hydrogen-bond acceptors (Lipinski definition) is 10. The molecule has 0 rings (SSSR count). The molecule has 0 heterocycles. The van der Waals surface area contributed by atoms with Gasteiger partial charge in [0.05, 0.1) is 11.5 Å². The predicted octanol–water partition coefficient (Wildman–Crippen LogP) is 32.1. The van der Waals surface area contributed by atoms with Crippen LogP contribution in [-0.2, 0) is 24.0 Å². The smallest absolute Gasteiger partial charge is 0.319 e. The van der Waals surface area contributed by atoms with Crippen molar-refractivity contribution in [2.45, 2.75) is 347 Å². The normalized spacial score (nSPS) is 13.0. The first-order chi connectivity index (χ1) is 57.1. The van der Waals surface area contributed by atoms with Crippen molar-refractivity contribution in [2.24, 2.45) is 0 Å². The fourth-order valence-electron chi connectivity index (χ4n) is 10.5. The molecule has 0 amide bonds. The summed E-state index contributed by atoms with van der Waals surface area (Å²) in [4.78, 5) is 53.8. The first kappa shape index (κ1) is 120. The largest absolute Gasteiger partial charge is 0.481 e. The fourth-order valence-corrected chi connectivity index (χ4v) is 15.1. The Hall–Kier alpha value is -5.58. The van der Waals surface area contributed by atoms with E-state index in [1.165, 1.54) is 101 Å². The van der Waals surface area contributed by atoms with Gasteiger partial charge in [-0.1, -0.05) is 352 Å². The van der Waals surface area contributed by atoms with Crippen LogP contribution >= 0.6 is 58.8 Å². The first-order valence-electron chi connectivity index (χ1n) is 45.0. The minimum atomic E-state index is -0.736. The van der Waals surface area contributed by atoms with Crippen molar-refractivity contribution in [3.63, 3.8) is 0 Å². The van der Waals surface area contributed by atoms with Gasteiger partial charge in [-0.25, -0.2) is 0 Å². The monoisotopic (exact) mass is 1710 g/mol. The molecule has 0 saturated carbocycles. The molecular weight excluding hydrogens is 1550 g/mol. The average Bonchev–Trinajstić information content (AvgIpc) is 0.863. The lowest BCUT2D eigenvalue weighted by atomic mass is 10.0. The number of carboxylic acid groups (broad SMARTS) is 5. The van der Waals surface area contributed by atoms with Gasteiger partial charge in [-0.2, -0.15) is 11.8 Å². The Morgan fingerprint density at radius 3 is 0.761 bits per heavy atom. The summed E-state index contributed by atoms with van der Waals surface area (Å²) in [7, 11) is 0. The number of thioether (sulfide) groups is 5. The molecule has 5 N–H and O–H groups in total. The van der Waals surface area contributed by atoms with Crippen molar-refractivity contribution in [1.82, 2.24) is 0 Å². The van der Waals surface area contributed by atoms with Gasteiger partial charge in [0.15, 0.2) is 0 Å². The van der Waals surface area contributed by atoms with E-state index < -0.39 is 34.6 Å². The second-order valence-corrected chi connectivity index (χ2v) is 34.1. The molecule has 0 aromatic heterocycles. The summed E-state index contributed by atoms with van der Waals surface area (Å²) in [5.41, 5.74) is 0. The zero-order valence-electron chi connectivity index (χ0n) is 74.9. The Bertz CT molecular complexity index is 2780. The van der Waals surface area contributed by atoms with Crippen LogP contribution in [0.5, 0.6) is 0 Å². The number of carbonyl (C=O) groups is 5. The summed E-state index contributed by atoms with van der Waals surface area (Å²) in [6.45, 7) is 18.7. The predicted molar refractivity (Wildman–Crippen MR) is 530 cm³/mol. The van der Waals surface area contributed by atoms with Crippen LogP contribution in [0.25, 0.3) is 0 Å². The highest BCUT2D eigenvalue weighted by molar-refractivity contribution is 8.01. The van der Waals surface area contributed by atoms with E-state index in [-0.39, 0.29) is 22.0 Å². The number of unbranched alkanes of at least 4 members (excludes halogenated alkanes) is 15. The molecule has 0 saturated heterocycles. The molecule has 2 atom stereocenters. The van der Waals surface area contributed by atoms with Gasteiger partial charge >= 0.3 is 29.8 Å². The van der Waals surface area contributed by atoms with Gasteiger partial charge in [0.1, 0.15) is 15.2 Å². The quantitative estimate of drug-likeness (QED) is 0.0286. The number of allylic oxidation sites excluding steroid dienone is 36. The van der Waals surface area contributed by atoms with Crippen molar-refractivity contribution in [3.8, 4) is 0 Å². The standard InChI is InChI=1S/C26H42O2S.C24H38O2S.C19H30O2S.C17H26O2S.C16H32O2S/c1-4-7-8-9-10-11-12-13-14-15-16-17-18-19-20-21-22-23-24-29-26(5-2,6-3)25(27)28;1-3-5-6-7-8-9-10-11-12-13-14-15-16-17-18-19-20-21-22-27-23(4-2)24(25)26;1-3-5-6-7-8-9-10-11-12-13-14-15-16-17-22-18(4-2)19(20)21;1-2-3-4-5-6-7-8-9-10-11-12-13-14-15-20-16-17(18)19;1-2-3-4-5-6-7-8-9-10-11-12-13-14-19-15-16(17)18/h7-8,10-11,13-14,16-17,19-20H,4-6,9,12,15,18,21-24H2,1-3H3,(H,27,28);5-6,8-9,11-12,14-15,17-18,23H,3-4,7,10,13,16,19-22H2,1-2H3,(H,25,26);5-6,8-9,11-12,14-15,18H,3-4,7,10,13,16-17H2,1-2H3,(H,20,21);3-4,6-7,9-10,12-13H,2,5,8,11,14-16H2,1H3,(H,18,19);2-15H2,1H3,(H,17,18)/b8-7-,11-10-,14-13-,17-16-,20-19-;6-5-,9-8-,12-11-,15-14-,18-17-;6-5-,9-8-,12-11-,15-14-;4-3-,7-6-,10-9-,13-12-;. The van der Waals surface area contributed by atoms with Gasteiger partial charge in [-0.05, 0) is 228 Å². The maximum Gasteiger partial charge on any atom is 0.319 e. The number of rotatable bonds is 75. The molecule has 0 aliphatic carbocycles. The summed E-state index contributed by atoms with van der Waals surface area (Å²) in [5, 5.41) is 43.8. The maximum atomic E-state index is 11.5. The third kappa shape index (κ3) is 106. The van der Waals surface area contributed by atoms with E-state index in [0.717, 1.165) is 196 Å². The van der Waals surface area contributed by atoms with Crippen molar-refractivity contribution < 1.29 is 49.5 Å². The maximum absolute atomic E-state index is 11.5. The van der Waals surface area contributed by atoms with Gasteiger partial charge in [0.2, 0.25) is 0 Å². The molecule has 0 spiro atoms. The van der Waals surface area contributed by atoms with Gasteiger partial charge in [0, 0.05) is 0 Å². The molecule has 0 fully saturated rings. The molecule has 10 nitrogen and oxygen atoms in total. The molecule has 15 heteroatoms. The highest BCUT2D eigenvalue weighted by atomic mass is 32.2. The summed E-state index contributed by atoms with van der Waals surface area (Å²) in [6.07, 6.45) is 125. The van der Waals surface area contributed by atoms with E-state index in [9.17, 15) is 29.1 Å². The van der Waals surface area contributed by atoms with Gasteiger partial charge in [-0.3, -0.25) is 24.0 Å². The van der Waals surface area contributed by atoms with E-state index in [4.69, 9.17) is 20.4 Å². The third-order valence-corrected chi connectivity index (χ3v) is 24.1. The molecule has 0 aliphatic rings. The molecule has 0 aliphatic heterocycles. The molecule has 2 unspecified atom stereocenters. The lowest BCUT2D eigenvalue weighted by Gasteiger charge is -2.25. The second-order valence-electron chi connectivity index (χ2n) is 27.8. The van der Waals surface area contributed by atoms with Crippen molar-refractivity contribution in [2.75, 3.05) is 40.3 Å². The lowest BCUT2D eigenvalue weighted by molar-refractivity contribution is -0.140. The number of hydrogen-bond donors (Lipinski definition) is 5. The Kier molecular flexibility index (Phi) is 109. The van der Waals surface area contributed by atoms with Gasteiger partial charge in [0.25, 0.3) is 0 Å². The average molecular weight is 1710 g/mol. The van der Waals surface area contributed by atoms with Crippen LogP contribution in [0.3, 0.4) is 0 Å². The number of carboxylic acids is 5. The van der Waals surface area contributed by atoms with Crippen LogP contribution in [0, 0.1) is 0 Å². The summed E-state index contributed by atoms with van der Waals surface area (Å²) < 4.78 is -0.586. The Balaban J connectivity index is -0.000000451. The van der Waals surface area contributed by atoms with Crippen LogP contribution in [0.2, 0.25) is 0 Å². The van der Waals surface area contributed by atoms with Crippen LogP contribution in [0.4, 0.5) is 0 Å². The van der Waals surface area contributed by atoms with Crippen LogP contribution in [0.1, 0.15) is 332 Å². The topological polar surface area (TPSA) is 186 Å². The van der Waals surface area contributed by atoms with E-state index >= 15 is 0 Å².